The number of carbonyl (C=O) groups excluding carboxylic acids is 1. The predicted octanol–water partition coefficient (Wildman–Crippen LogP) is 2.47. The Labute approximate surface area is 217 Å². The highest BCUT2D eigenvalue weighted by atomic mass is 31.2. The summed E-state index contributed by atoms with van der Waals surface area (Å²) in [4.78, 5) is 27.9. The lowest BCUT2D eigenvalue weighted by atomic mass is 9.96. The molecule has 15 heteroatoms. The van der Waals surface area contributed by atoms with Crippen LogP contribution >= 0.6 is 7.75 Å². The van der Waals surface area contributed by atoms with Crippen LogP contribution in [0.2, 0.25) is 0 Å². The predicted molar refractivity (Wildman–Crippen MR) is 131 cm³/mol. The van der Waals surface area contributed by atoms with E-state index in [1.807, 2.05) is 0 Å². The number of para-hydroxylation sites is 1. The number of alkyl halides is 1. The van der Waals surface area contributed by atoms with E-state index in [1.54, 1.807) is 32.0 Å². The van der Waals surface area contributed by atoms with Gasteiger partial charge in [0.05, 0.1) is 18.4 Å². The van der Waals surface area contributed by atoms with E-state index in [-0.39, 0.29) is 5.75 Å². The van der Waals surface area contributed by atoms with Crippen LogP contribution in [-0.2, 0) is 23.4 Å². The van der Waals surface area contributed by atoms with Gasteiger partial charge >= 0.3 is 19.4 Å². The van der Waals surface area contributed by atoms with Crippen LogP contribution in [0, 0.1) is 5.82 Å². The first kappa shape index (κ1) is 29.7. The number of nitrogens with zero attached hydrogens (tertiary/aromatic N) is 2. The van der Waals surface area contributed by atoms with Gasteiger partial charge in [0.15, 0.2) is 23.5 Å². The molecular weight excluding hydrogens is 529 g/mol. The first-order chi connectivity index (χ1) is 17.6. The number of benzene rings is 1. The molecule has 0 bridgehead atoms. The second kappa shape index (κ2) is 11.5. The Morgan fingerprint density at radius 2 is 1.92 bits per heavy atom. The molecule has 3 rings (SSSR count). The number of halogens is 2. The van der Waals surface area contributed by atoms with E-state index in [0.717, 1.165) is 6.92 Å². The number of hydrogen-bond acceptors (Lipinski definition) is 10. The quantitative estimate of drug-likeness (QED) is 0.289. The van der Waals surface area contributed by atoms with Crippen molar-refractivity contribution in [2.75, 3.05) is 5.73 Å². The third kappa shape index (κ3) is 6.56. The van der Waals surface area contributed by atoms with Crippen molar-refractivity contribution in [2.45, 2.75) is 77.0 Å². The monoisotopic (exact) mass is 560 g/mol. The summed E-state index contributed by atoms with van der Waals surface area (Å²) in [5.74, 6) is -2.40. The van der Waals surface area contributed by atoms with Gasteiger partial charge in [-0.15, -0.1) is 0 Å². The zero-order valence-corrected chi connectivity index (χ0v) is 22.3. The Kier molecular flexibility index (Phi) is 8.94. The van der Waals surface area contributed by atoms with Gasteiger partial charge < -0.3 is 24.8 Å². The number of aliphatic hydroxyl groups excluding tert-OH is 1. The third-order valence-corrected chi connectivity index (χ3v) is 7.40. The van der Waals surface area contributed by atoms with Gasteiger partial charge in [0, 0.05) is 0 Å². The molecule has 0 amide bonds. The number of nitrogens with two attached hydrogens (primary N) is 1. The molecular formula is C23H31F2N4O8P. The van der Waals surface area contributed by atoms with Crippen molar-refractivity contribution < 1.29 is 41.8 Å². The van der Waals surface area contributed by atoms with E-state index in [9.17, 15) is 23.7 Å². The molecule has 2 heterocycles. The molecule has 2 aromatic rings. The summed E-state index contributed by atoms with van der Waals surface area (Å²) in [6, 6.07) is 6.74. The lowest BCUT2D eigenvalue weighted by Gasteiger charge is -2.29. The molecule has 210 valence electrons. The number of esters is 1. The third-order valence-electron chi connectivity index (χ3n) is 5.64. The molecule has 1 saturated heterocycles. The average molecular weight is 560 g/mol. The Hall–Kier alpha value is -2.90. The molecule has 1 aliphatic rings. The maximum atomic E-state index is 15.6. The van der Waals surface area contributed by atoms with Crippen LogP contribution < -0.4 is 21.0 Å². The highest BCUT2D eigenvalue weighted by molar-refractivity contribution is 7.52. The van der Waals surface area contributed by atoms with Crippen LogP contribution in [0.5, 0.6) is 5.75 Å². The molecule has 1 aliphatic heterocycles. The summed E-state index contributed by atoms with van der Waals surface area (Å²) in [6.45, 7) is 6.92. The van der Waals surface area contributed by atoms with Crippen LogP contribution in [-0.4, -0.2) is 56.8 Å². The SMILES string of the molecule is CC(C)OC(=O)[C@H](C)NP(=O)(Oc1ccccc1)O[C@H](C)[C@H]1O[C@@H](n2cc(F)c(N)nc2=O)C(C)(F)[C@H]1O. The number of hydrogen-bond donors (Lipinski definition) is 3. The molecule has 12 nitrogen and oxygen atoms in total. The highest BCUT2D eigenvalue weighted by Crippen LogP contribution is 2.49. The topological polar surface area (TPSA) is 164 Å². The fraction of sp³-hybridized carbons (Fsp3) is 0.522. The maximum absolute atomic E-state index is 15.6. The molecule has 2 unspecified atom stereocenters. The van der Waals surface area contributed by atoms with Crippen molar-refractivity contribution in [3.8, 4) is 5.75 Å². The Bertz CT molecular complexity index is 1250. The Balaban J connectivity index is 1.88. The van der Waals surface area contributed by atoms with Gasteiger partial charge in [-0.3, -0.25) is 13.9 Å². The van der Waals surface area contributed by atoms with Gasteiger partial charge in [0.1, 0.15) is 24.0 Å². The number of ether oxygens (including phenoxy) is 2. The van der Waals surface area contributed by atoms with Crippen molar-refractivity contribution in [3.05, 3.63) is 52.8 Å². The molecule has 4 N–H and O–H groups in total. The van der Waals surface area contributed by atoms with E-state index < -0.39 is 73.4 Å². The summed E-state index contributed by atoms with van der Waals surface area (Å²) in [7, 11) is -4.41. The fourth-order valence-corrected chi connectivity index (χ4v) is 5.45. The van der Waals surface area contributed by atoms with Crippen LogP contribution in [0.15, 0.2) is 41.3 Å². The lowest BCUT2D eigenvalue weighted by molar-refractivity contribution is -0.149. The standard InChI is InChI=1S/C23H31F2N4O8P/c1-12(2)34-20(31)13(3)28-38(33,37-15-9-7-6-8-10-15)36-14(4)17-18(30)23(5,25)21(35-17)29-11-16(24)19(26)27-22(29)32/h6-14,17-18,21,30H,1-5H3,(H,28,33)(H2,26,27,32)/t13-,14+,17+,18-,21+,23?,38?/m0/s1. The van der Waals surface area contributed by atoms with E-state index in [4.69, 9.17) is 24.3 Å². The summed E-state index contributed by atoms with van der Waals surface area (Å²) in [5, 5.41) is 13.2. The molecule has 1 fully saturated rings. The summed E-state index contributed by atoms with van der Waals surface area (Å²) >= 11 is 0. The smallest absolute Gasteiger partial charge is 0.459 e. The number of rotatable bonds is 10. The fourth-order valence-electron chi connectivity index (χ4n) is 3.76. The molecule has 7 atom stereocenters. The van der Waals surface area contributed by atoms with Crippen LogP contribution in [0.25, 0.3) is 0 Å². The lowest BCUT2D eigenvalue weighted by Crippen LogP contribution is -2.45. The van der Waals surface area contributed by atoms with Crippen molar-refractivity contribution in [1.82, 2.24) is 14.6 Å². The zero-order chi connectivity index (χ0) is 28.4. The normalized spacial score (nSPS) is 26.5. The van der Waals surface area contributed by atoms with Crippen molar-refractivity contribution in [2.24, 2.45) is 0 Å². The maximum Gasteiger partial charge on any atom is 0.459 e. The number of nitrogens with one attached hydrogen (secondary N) is 1. The van der Waals surface area contributed by atoms with E-state index in [0.29, 0.717) is 10.8 Å². The summed E-state index contributed by atoms with van der Waals surface area (Å²) in [5.41, 5.74) is 1.54. The van der Waals surface area contributed by atoms with Gasteiger partial charge in [-0.05, 0) is 46.8 Å². The van der Waals surface area contributed by atoms with E-state index >= 15 is 4.39 Å². The first-order valence-electron chi connectivity index (χ1n) is 11.7. The number of nitrogen functional groups attached to an aromatic ring is 1. The van der Waals surface area contributed by atoms with Crippen LogP contribution in [0.3, 0.4) is 0 Å². The van der Waals surface area contributed by atoms with Gasteiger partial charge in [-0.1, -0.05) is 18.2 Å². The number of anilines is 1. The van der Waals surface area contributed by atoms with Crippen molar-refractivity contribution >= 4 is 19.5 Å². The highest BCUT2D eigenvalue weighted by Gasteiger charge is 2.58. The second-order valence-corrected chi connectivity index (χ2v) is 10.9. The second-order valence-electron chi connectivity index (χ2n) is 9.26. The molecule has 38 heavy (non-hydrogen) atoms. The van der Waals surface area contributed by atoms with Gasteiger partial charge in [0.25, 0.3) is 0 Å². The Morgan fingerprint density at radius 3 is 2.53 bits per heavy atom. The van der Waals surface area contributed by atoms with E-state index in [2.05, 4.69) is 10.1 Å². The molecule has 1 aromatic heterocycles. The number of aliphatic hydroxyl groups is 1. The van der Waals surface area contributed by atoms with E-state index in [1.165, 1.54) is 26.0 Å². The number of aromatic nitrogens is 2. The number of carbonyl (C=O) groups is 1. The average Bonchev–Trinajstić information content (AvgIpc) is 3.05. The summed E-state index contributed by atoms with van der Waals surface area (Å²) < 4.78 is 65.9. The molecule has 0 saturated carbocycles. The van der Waals surface area contributed by atoms with Gasteiger partial charge in [-0.25, -0.2) is 18.1 Å². The zero-order valence-electron chi connectivity index (χ0n) is 21.4. The molecule has 0 radical (unpaired) electrons. The van der Waals surface area contributed by atoms with Gasteiger partial charge in [0.2, 0.25) is 0 Å². The van der Waals surface area contributed by atoms with Crippen molar-refractivity contribution in [3.63, 3.8) is 0 Å². The Morgan fingerprint density at radius 1 is 1.29 bits per heavy atom. The minimum atomic E-state index is -4.41. The minimum Gasteiger partial charge on any atom is -0.462 e. The minimum absolute atomic E-state index is 0.121. The molecule has 0 spiro atoms. The van der Waals surface area contributed by atoms with Crippen molar-refractivity contribution in [1.29, 1.82) is 0 Å². The summed E-state index contributed by atoms with van der Waals surface area (Å²) in [6.07, 6.45) is -6.45. The van der Waals surface area contributed by atoms with Crippen LogP contribution in [0.4, 0.5) is 14.6 Å². The van der Waals surface area contributed by atoms with Crippen LogP contribution in [0.1, 0.15) is 40.8 Å². The largest absolute Gasteiger partial charge is 0.462 e. The van der Waals surface area contributed by atoms with Gasteiger partial charge in [-0.2, -0.15) is 10.1 Å². The molecule has 0 aliphatic carbocycles. The molecule has 1 aromatic carbocycles. The first-order valence-corrected chi connectivity index (χ1v) is 13.3.